The number of rotatable bonds is 19. The molecule has 0 aliphatic carbocycles. The summed E-state index contributed by atoms with van der Waals surface area (Å²) in [5.41, 5.74) is 0. The Kier molecular flexibility index (Phi) is 25.4. The standard InChI is InChI=1S/C24H45NO4S2.C3H8/c1-2-3-4-5-6-7-8-9-19-28-23(26)11-10-12-24(27)29-20-15-22-13-16-25(17-14-22)18-21-31-30;1-3-2/h22,30H,2-21H2,1H3;3H2,1-2H3. The summed E-state index contributed by atoms with van der Waals surface area (Å²) in [7, 11) is 1.60. The van der Waals surface area contributed by atoms with Gasteiger partial charge in [0.1, 0.15) is 0 Å². The number of nitrogens with zero attached hydrogens (tertiary/aromatic N) is 1. The highest BCUT2D eigenvalue weighted by molar-refractivity contribution is 8.68. The maximum absolute atomic E-state index is 11.9. The molecular weight excluding hydrogens is 466 g/mol. The molecule has 1 rings (SSSR count). The molecule has 0 saturated carbocycles. The molecule has 0 aromatic rings. The number of carbonyl (C=O) groups is 2. The van der Waals surface area contributed by atoms with E-state index in [2.05, 4.69) is 37.3 Å². The summed E-state index contributed by atoms with van der Waals surface area (Å²) < 4.78 is 10.6. The average Bonchev–Trinajstić information content (AvgIpc) is 2.83. The second kappa shape index (κ2) is 25.7. The number of likely N-dealkylation sites (tertiary alicyclic amines) is 1. The van der Waals surface area contributed by atoms with Crippen molar-refractivity contribution in [3.63, 3.8) is 0 Å². The summed E-state index contributed by atoms with van der Waals surface area (Å²) >= 11 is 4.19. The van der Waals surface area contributed by atoms with Crippen LogP contribution < -0.4 is 0 Å². The topological polar surface area (TPSA) is 55.8 Å². The summed E-state index contributed by atoms with van der Waals surface area (Å²) in [6.07, 6.45) is 15.5. The highest BCUT2D eigenvalue weighted by Gasteiger charge is 2.19. The fourth-order valence-corrected chi connectivity index (χ4v) is 4.54. The highest BCUT2D eigenvalue weighted by atomic mass is 33.1. The number of hydrogen-bond acceptors (Lipinski definition) is 7. The molecule has 34 heavy (non-hydrogen) atoms. The zero-order valence-electron chi connectivity index (χ0n) is 22.4. The van der Waals surface area contributed by atoms with Crippen LogP contribution >= 0.6 is 22.5 Å². The van der Waals surface area contributed by atoms with Crippen molar-refractivity contribution in [3.05, 3.63) is 0 Å². The zero-order valence-corrected chi connectivity index (χ0v) is 24.1. The van der Waals surface area contributed by atoms with E-state index in [1.807, 2.05) is 0 Å². The van der Waals surface area contributed by atoms with Gasteiger partial charge in [-0.3, -0.25) is 9.59 Å². The smallest absolute Gasteiger partial charge is 0.305 e. The Morgan fingerprint density at radius 3 is 1.91 bits per heavy atom. The van der Waals surface area contributed by atoms with Crippen molar-refractivity contribution in [2.75, 3.05) is 38.6 Å². The molecule has 0 unspecified atom stereocenters. The van der Waals surface area contributed by atoms with Crippen molar-refractivity contribution in [3.8, 4) is 0 Å². The molecule has 0 radical (unpaired) electrons. The summed E-state index contributed by atoms with van der Waals surface area (Å²) in [5.74, 6) is 1.33. The predicted octanol–water partition coefficient (Wildman–Crippen LogP) is 7.48. The summed E-state index contributed by atoms with van der Waals surface area (Å²) in [5, 5.41) is 0. The first-order valence-corrected chi connectivity index (χ1v) is 15.9. The first-order chi connectivity index (χ1) is 16.6. The number of unbranched alkanes of at least 4 members (excludes halogenated alkanes) is 7. The molecule has 1 saturated heterocycles. The predicted molar refractivity (Wildman–Crippen MR) is 150 cm³/mol. The van der Waals surface area contributed by atoms with Gasteiger partial charge in [-0.1, -0.05) is 82.9 Å². The summed E-state index contributed by atoms with van der Waals surface area (Å²) in [4.78, 5) is 26.1. The molecule has 5 nitrogen and oxygen atoms in total. The molecule has 1 heterocycles. The molecule has 1 fully saturated rings. The monoisotopic (exact) mass is 519 g/mol. The van der Waals surface area contributed by atoms with Gasteiger partial charge in [-0.15, -0.1) is 11.7 Å². The van der Waals surface area contributed by atoms with Crippen molar-refractivity contribution in [1.29, 1.82) is 0 Å². The molecule has 1 aliphatic rings. The van der Waals surface area contributed by atoms with Crippen LogP contribution in [0.4, 0.5) is 0 Å². The Bertz CT molecular complexity index is 472. The van der Waals surface area contributed by atoms with Gasteiger partial charge in [-0.2, -0.15) is 0 Å². The first kappa shape index (κ1) is 33.6. The van der Waals surface area contributed by atoms with Crippen LogP contribution in [0.15, 0.2) is 0 Å². The van der Waals surface area contributed by atoms with E-state index in [1.54, 1.807) is 10.8 Å². The normalized spacial score (nSPS) is 14.4. The third kappa shape index (κ3) is 22.1. The number of esters is 2. The van der Waals surface area contributed by atoms with Crippen molar-refractivity contribution in [1.82, 2.24) is 4.90 Å². The fourth-order valence-electron chi connectivity index (χ4n) is 3.95. The van der Waals surface area contributed by atoms with Crippen LogP contribution in [0, 0.1) is 5.92 Å². The van der Waals surface area contributed by atoms with Gasteiger partial charge in [-0.25, -0.2) is 0 Å². The Labute approximate surface area is 219 Å². The van der Waals surface area contributed by atoms with Crippen LogP contribution in [0.3, 0.4) is 0 Å². The van der Waals surface area contributed by atoms with Crippen LogP contribution in [0.2, 0.25) is 0 Å². The van der Waals surface area contributed by atoms with Gasteiger partial charge in [0.05, 0.1) is 13.2 Å². The van der Waals surface area contributed by atoms with Gasteiger partial charge < -0.3 is 14.4 Å². The maximum Gasteiger partial charge on any atom is 0.305 e. The minimum absolute atomic E-state index is 0.195. The molecule has 0 bridgehead atoms. The lowest BCUT2D eigenvalue weighted by atomic mass is 9.94. The van der Waals surface area contributed by atoms with Crippen LogP contribution in [0.5, 0.6) is 0 Å². The first-order valence-electron chi connectivity index (χ1n) is 13.9. The van der Waals surface area contributed by atoms with E-state index in [-0.39, 0.29) is 11.9 Å². The van der Waals surface area contributed by atoms with Gasteiger partial charge in [0.25, 0.3) is 0 Å². The minimum atomic E-state index is -0.196. The maximum atomic E-state index is 11.9. The van der Waals surface area contributed by atoms with Gasteiger partial charge in [0.15, 0.2) is 0 Å². The van der Waals surface area contributed by atoms with Crippen molar-refractivity contribution in [2.24, 2.45) is 5.92 Å². The Morgan fingerprint density at radius 1 is 0.824 bits per heavy atom. The van der Waals surface area contributed by atoms with Crippen LogP contribution in [-0.4, -0.2) is 55.4 Å². The molecule has 0 N–H and O–H groups in total. The number of hydrogen-bond donors (Lipinski definition) is 1. The summed E-state index contributed by atoms with van der Waals surface area (Å²) in [6.45, 7) is 10.9. The zero-order chi connectivity index (χ0) is 25.3. The Morgan fingerprint density at radius 2 is 1.35 bits per heavy atom. The van der Waals surface area contributed by atoms with E-state index >= 15 is 0 Å². The van der Waals surface area contributed by atoms with Gasteiger partial charge >= 0.3 is 11.9 Å². The van der Waals surface area contributed by atoms with E-state index < -0.39 is 0 Å². The van der Waals surface area contributed by atoms with Crippen molar-refractivity contribution < 1.29 is 19.1 Å². The van der Waals surface area contributed by atoms with Crippen molar-refractivity contribution in [2.45, 2.75) is 117 Å². The van der Waals surface area contributed by atoms with Gasteiger partial charge in [0, 0.05) is 25.1 Å². The molecule has 7 heteroatoms. The molecule has 0 aromatic carbocycles. The summed E-state index contributed by atoms with van der Waals surface area (Å²) in [6, 6.07) is 0. The van der Waals surface area contributed by atoms with E-state index in [1.165, 1.54) is 57.8 Å². The molecular formula is C27H53NO4S2. The quantitative estimate of drug-likeness (QED) is 0.0826. The van der Waals surface area contributed by atoms with Gasteiger partial charge in [-0.05, 0) is 51.1 Å². The van der Waals surface area contributed by atoms with E-state index in [0.29, 0.717) is 38.4 Å². The van der Waals surface area contributed by atoms with Crippen LogP contribution in [0.25, 0.3) is 0 Å². The number of thiol groups is 1. The molecule has 0 amide bonds. The van der Waals surface area contributed by atoms with Crippen molar-refractivity contribution >= 4 is 34.4 Å². The largest absolute Gasteiger partial charge is 0.466 e. The Balaban J connectivity index is 0.00000343. The minimum Gasteiger partial charge on any atom is -0.466 e. The SMILES string of the molecule is CCC.CCCCCCCCCCOC(=O)CCCC(=O)OCCC1CCN(CCSS)CC1. The number of piperidine rings is 1. The number of carbonyl (C=O) groups excluding carboxylic acids is 2. The van der Waals surface area contributed by atoms with Gasteiger partial charge in [0.2, 0.25) is 0 Å². The molecule has 202 valence electrons. The molecule has 0 atom stereocenters. The molecule has 1 aliphatic heterocycles. The highest BCUT2D eigenvalue weighted by Crippen LogP contribution is 2.21. The lowest BCUT2D eigenvalue weighted by molar-refractivity contribution is -0.145. The van der Waals surface area contributed by atoms with E-state index in [4.69, 9.17) is 9.47 Å². The fraction of sp³-hybridized carbons (Fsp3) is 0.926. The average molecular weight is 520 g/mol. The number of ether oxygens (including phenoxy) is 2. The lowest BCUT2D eigenvalue weighted by Gasteiger charge is -2.31. The second-order valence-corrected chi connectivity index (χ2v) is 10.8. The van der Waals surface area contributed by atoms with Crippen LogP contribution in [-0.2, 0) is 19.1 Å². The second-order valence-electron chi connectivity index (χ2n) is 9.38. The molecule has 0 spiro atoms. The molecule has 0 aromatic heterocycles. The third-order valence-corrected chi connectivity index (χ3v) is 6.93. The van der Waals surface area contributed by atoms with E-state index in [9.17, 15) is 9.59 Å². The Hall–Kier alpha value is -0.400. The van der Waals surface area contributed by atoms with E-state index in [0.717, 1.165) is 44.6 Å². The third-order valence-electron chi connectivity index (χ3n) is 6.02. The lowest BCUT2D eigenvalue weighted by Crippen LogP contribution is -2.35. The van der Waals surface area contributed by atoms with Crippen LogP contribution in [0.1, 0.15) is 117 Å².